The molecule has 0 spiro atoms. The van der Waals surface area contributed by atoms with Crippen molar-refractivity contribution in [1.29, 1.82) is 0 Å². The zero-order chi connectivity index (χ0) is 16.1. The summed E-state index contributed by atoms with van der Waals surface area (Å²) in [5, 5.41) is 3.07. The van der Waals surface area contributed by atoms with Crippen molar-refractivity contribution in [2.75, 3.05) is 39.9 Å². The number of urea groups is 1. The molecule has 1 aromatic carbocycles. The first-order valence-electron chi connectivity index (χ1n) is 8.59. The second kappa shape index (κ2) is 7.79. The van der Waals surface area contributed by atoms with E-state index in [0.717, 1.165) is 13.1 Å². The van der Waals surface area contributed by atoms with E-state index in [4.69, 9.17) is 4.74 Å². The third-order valence-corrected chi connectivity index (χ3v) is 4.66. The van der Waals surface area contributed by atoms with Gasteiger partial charge in [0.15, 0.2) is 0 Å². The van der Waals surface area contributed by atoms with Crippen LogP contribution in [0.5, 0.6) is 0 Å². The summed E-state index contributed by atoms with van der Waals surface area (Å²) in [7, 11) is 2.08. The molecule has 5 nitrogen and oxygen atoms in total. The van der Waals surface area contributed by atoms with Gasteiger partial charge in [-0.25, -0.2) is 4.79 Å². The molecule has 0 aromatic heterocycles. The molecule has 1 unspecified atom stereocenters. The lowest BCUT2D eigenvalue weighted by Crippen LogP contribution is -2.54. The second-order valence-corrected chi connectivity index (χ2v) is 6.63. The number of carbonyl (C=O) groups excluding carboxylic acids is 1. The van der Waals surface area contributed by atoms with E-state index in [1.807, 2.05) is 11.0 Å². The van der Waals surface area contributed by atoms with Crippen molar-refractivity contribution in [2.45, 2.75) is 25.4 Å². The van der Waals surface area contributed by atoms with Gasteiger partial charge in [0, 0.05) is 26.2 Å². The van der Waals surface area contributed by atoms with E-state index in [0.29, 0.717) is 32.2 Å². The molecule has 126 valence electrons. The number of benzene rings is 1. The molecule has 1 N–H and O–H groups in total. The Bertz CT molecular complexity index is 504. The van der Waals surface area contributed by atoms with E-state index in [-0.39, 0.29) is 12.1 Å². The third-order valence-electron chi connectivity index (χ3n) is 4.66. The standard InChI is InChI=1S/C18H27N3O2/c1-20(13-15-5-3-2-4-6-15)10-9-19-18(22)21-11-12-23-14-17(21)16-7-8-16/h2-6,16-17H,7-14H2,1H3,(H,19,22). The predicted molar refractivity (Wildman–Crippen MR) is 90.2 cm³/mol. The molecule has 1 saturated heterocycles. The number of hydrogen-bond acceptors (Lipinski definition) is 3. The van der Waals surface area contributed by atoms with Crippen molar-refractivity contribution in [3.05, 3.63) is 35.9 Å². The average Bonchev–Trinajstić information content (AvgIpc) is 3.40. The molecule has 23 heavy (non-hydrogen) atoms. The molecule has 1 aliphatic carbocycles. The van der Waals surface area contributed by atoms with E-state index >= 15 is 0 Å². The maximum absolute atomic E-state index is 12.4. The summed E-state index contributed by atoms with van der Waals surface area (Å²) >= 11 is 0. The van der Waals surface area contributed by atoms with E-state index in [2.05, 4.69) is 41.5 Å². The minimum atomic E-state index is 0.0679. The molecule has 2 fully saturated rings. The van der Waals surface area contributed by atoms with Gasteiger partial charge in [0.2, 0.25) is 0 Å². The Morgan fingerprint density at radius 3 is 2.87 bits per heavy atom. The van der Waals surface area contributed by atoms with Crippen LogP contribution in [-0.2, 0) is 11.3 Å². The van der Waals surface area contributed by atoms with E-state index < -0.39 is 0 Å². The Hall–Kier alpha value is -1.59. The topological polar surface area (TPSA) is 44.8 Å². The molecule has 2 aliphatic rings. The van der Waals surface area contributed by atoms with Gasteiger partial charge in [-0.2, -0.15) is 0 Å². The summed E-state index contributed by atoms with van der Waals surface area (Å²) in [6, 6.07) is 10.8. The van der Waals surface area contributed by atoms with Crippen LogP contribution < -0.4 is 5.32 Å². The smallest absolute Gasteiger partial charge is 0.317 e. The molecule has 1 saturated carbocycles. The summed E-state index contributed by atoms with van der Waals surface area (Å²) in [6.07, 6.45) is 2.47. The second-order valence-electron chi connectivity index (χ2n) is 6.63. The molecule has 0 radical (unpaired) electrons. The summed E-state index contributed by atoms with van der Waals surface area (Å²) in [4.78, 5) is 16.6. The highest BCUT2D eigenvalue weighted by Gasteiger charge is 2.39. The molecule has 2 amide bonds. The lowest BCUT2D eigenvalue weighted by Gasteiger charge is -2.36. The predicted octanol–water partition coefficient (Wildman–Crippen LogP) is 1.94. The van der Waals surface area contributed by atoms with E-state index in [1.165, 1.54) is 18.4 Å². The fourth-order valence-corrected chi connectivity index (χ4v) is 3.18. The Labute approximate surface area is 138 Å². The van der Waals surface area contributed by atoms with Crippen LogP contribution >= 0.6 is 0 Å². The Balaban J connectivity index is 1.40. The van der Waals surface area contributed by atoms with Crippen molar-refractivity contribution in [2.24, 2.45) is 5.92 Å². The van der Waals surface area contributed by atoms with E-state index in [9.17, 15) is 4.79 Å². The lowest BCUT2D eigenvalue weighted by atomic mass is 10.1. The Kier molecular flexibility index (Phi) is 5.51. The number of morpholine rings is 1. The molecular formula is C18H27N3O2. The van der Waals surface area contributed by atoms with Crippen LogP contribution in [0.3, 0.4) is 0 Å². The van der Waals surface area contributed by atoms with Crippen molar-refractivity contribution < 1.29 is 9.53 Å². The van der Waals surface area contributed by atoms with Gasteiger partial charge in [-0.05, 0) is 31.4 Å². The van der Waals surface area contributed by atoms with Gasteiger partial charge in [0.25, 0.3) is 0 Å². The highest BCUT2D eigenvalue weighted by molar-refractivity contribution is 5.74. The van der Waals surface area contributed by atoms with Crippen molar-refractivity contribution >= 4 is 6.03 Å². The highest BCUT2D eigenvalue weighted by Crippen LogP contribution is 2.36. The number of nitrogens with one attached hydrogen (secondary N) is 1. The fourth-order valence-electron chi connectivity index (χ4n) is 3.18. The van der Waals surface area contributed by atoms with Crippen molar-refractivity contribution in [3.8, 4) is 0 Å². The van der Waals surface area contributed by atoms with Gasteiger partial charge in [0.05, 0.1) is 19.3 Å². The lowest BCUT2D eigenvalue weighted by molar-refractivity contribution is 0.00466. The minimum absolute atomic E-state index is 0.0679. The van der Waals surface area contributed by atoms with E-state index in [1.54, 1.807) is 0 Å². The van der Waals surface area contributed by atoms with Gasteiger partial charge in [-0.1, -0.05) is 30.3 Å². The fraction of sp³-hybridized carbons (Fsp3) is 0.611. The molecule has 1 heterocycles. The summed E-state index contributed by atoms with van der Waals surface area (Å²) < 4.78 is 5.54. The maximum atomic E-state index is 12.4. The maximum Gasteiger partial charge on any atom is 0.317 e. The van der Waals surface area contributed by atoms with Gasteiger partial charge in [0.1, 0.15) is 0 Å². The SMILES string of the molecule is CN(CCNC(=O)N1CCOCC1C1CC1)Cc1ccccc1. The number of nitrogens with zero attached hydrogens (tertiary/aromatic N) is 2. The van der Waals surface area contributed by atoms with Crippen LogP contribution in [0, 0.1) is 5.92 Å². The molecule has 1 atom stereocenters. The largest absolute Gasteiger partial charge is 0.377 e. The number of hydrogen-bond donors (Lipinski definition) is 1. The van der Waals surface area contributed by atoms with Crippen LogP contribution in [0.1, 0.15) is 18.4 Å². The third kappa shape index (κ3) is 4.69. The molecular weight excluding hydrogens is 290 g/mol. The van der Waals surface area contributed by atoms with Gasteiger partial charge in [-0.3, -0.25) is 0 Å². The normalized spacial score (nSPS) is 21.5. The van der Waals surface area contributed by atoms with Crippen LogP contribution in [-0.4, -0.2) is 61.8 Å². The van der Waals surface area contributed by atoms with Gasteiger partial charge >= 0.3 is 6.03 Å². The van der Waals surface area contributed by atoms with Crippen molar-refractivity contribution in [1.82, 2.24) is 15.1 Å². The van der Waals surface area contributed by atoms with Crippen LogP contribution in [0.15, 0.2) is 30.3 Å². The van der Waals surface area contributed by atoms with Crippen LogP contribution in [0.4, 0.5) is 4.79 Å². The Morgan fingerprint density at radius 2 is 2.13 bits per heavy atom. The molecule has 1 aliphatic heterocycles. The number of ether oxygens (including phenoxy) is 1. The quantitative estimate of drug-likeness (QED) is 0.872. The first kappa shape index (κ1) is 16.3. The van der Waals surface area contributed by atoms with Gasteiger partial charge in [-0.15, -0.1) is 0 Å². The number of amides is 2. The van der Waals surface area contributed by atoms with Gasteiger partial charge < -0.3 is 19.9 Å². The number of rotatable bonds is 6. The zero-order valence-corrected chi connectivity index (χ0v) is 13.9. The first-order chi connectivity index (χ1) is 11.2. The van der Waals surface area contributed by atoms with Crippen LogP contribution in [0.2, 0.25) is 0 Å². The zero-order valence-electron chi connectivity index (χ0n) is 13.9. The average molecular weight is 317 g/mol. The highest BCUT2D eigenvalue weighted by atomic mass is 16.5. The molecule has 3 rings (SSSR count). The number of carbonyl (C=O) groups is 1. The minimum Gasteiger partial charge on any atom is -0.377 e. The van der Waals surface area contributed by atoms with Crippen LogP contribution in [0.25, 0.3) is 0 Å². The summed E-state index contributed by atoms with van der Waals surface area (Å²) in [5.41, 5.74) is 1.29. The summed E-state index contributed by atoms with van der Waals surface area (Å²) in [5.74, 6) is 0.654. The van der Waals surface area contributed by atoms with Crippen molar-refractivity contribution in [3.63, 3.8) is 0 Å². The first-order valence-corrected chi connectivity index (χ1v) is 8.59. The molecule has 5 heteroatoms. The number of likely N-dealkylation sites (N-methyl/N-ethyl adjacent to an activating group) is 1. The monoisotopic (exact) mass is 317 g/mol. The molecule has 1 aromatic rings. The Morgan fingerprint density at radius 1 is 1.35 bits per heavy atom. The summed E-state index contributed by atoms with van der Waals surface area (Å²) in [6.45, 7) is 4.50. The molecule has 0 bridgehead atoms.